The lowest BCUT2D eigenvalue weighted by molar-refractivity contribution is 1.75. The molecule has 4 aromatic rings. The van der Waals surface area contributed by atoms with E-state index < -0.39 is 0 Å². The van der Waals surface area contributed by atoms with E-state index >= 15 is 0 Å². The van der Waals surface area contributed by atoms with Gasteiger partial charge in [0.25, 0.3) is 0 Å². The van der Waals surface area contributed by atoms with Crippen LogP contribution in [0.4, 0.5) is 0 Å². The zero-order chi connectivity index (χ0) is 13.6. The normalized spacial score (nSPS) is 9.52. The molecule has 0 aliphatic carbocycles. The van der Waals surface area contributed by atoms with Crippen LogP contribution >= 0.6 is 0 Å². The smallest absolute Gasteiger partial charge is 0.0616 e. The number of rotatable bonds is 0. The summed E-state index contributed by atoms with van der Waals surface area (Å²) >= 11 is 0. The third kappa shape index (κ3) is 4.07. The summed E-state index contributed by atoms with van der Waals surface area (Å²) in [5.41, 5.74) is 0. The van der Waals surface area contributed by atoms with Gasteiger partial charge in [-0.25, -0.2) is 0 Å². The van der Waals surface area contributed by atoms with E-state index in [9.17, 15) is 0 Å². The van der Waals surface area contributed by atoms with Crippen LogP contribution in [0, 0.1) is 0 Å². The lowest BCUT2D eigenvalue weighted by Gasteiger charge is -1.92. The van der Waals surface area contributed by atoms with E-state index in [1.165, 1.54) is 21.5 Å². The van der Waals surface area contributed by atoms with E-state index in [1.54, 1.807) is 0 Å². The lowest BCUT2D eigenvalue weighted by Crippen LogP contribution is -1.67. The van der Waals surface area contributed by atoms with Gasteiger partial charge >= 0.3 is 23.1 Å². The van der Waals surface area contributed by atoms with Crippen LogP contribution < -0.4 is 0 Å². The fourth-order valence-electron chi connectivity index (χ4n) is 2.27. The summed E-state index contributed by atoms with van der Waals surface area (Å²) in [6, 6.07) is 33.4. The maximum atomic E-state index is 2.12. The molecule has 21 heavy (non-hydrogen) atoms. The Morgan fingerprint density at radius 3 is 0.571 bits per heavy atom. The fourth-order valence-corrected chi connectivity index (χ4v) is 2.27. The quantitative estimate of drug-likeness (QED) is 0.408. The summed E-state index contributed by atoms with van der Waals surface area (Å²) in [6.07, 6.45) is 0. The molecule has 0 aliphatic heterocycles. The van der Waals surface area contributed by atoms with E-state index in [1.807, 2.05) is 0 Å². The SMILES string of the molecule is [MgH2].c1ccc2ccccc2c1.c1ccc2ccccc2c1. The molecule has 0 unspecified atom stereocenters. The summed E-state index contributed by atoms with van der Waals surface area (Å²) in [5, 5.41) is 5.24. The monoisotopic (exact) mass is 282 g/mol. The lowest BCUT2D eigenvalue weighted by atomic mass is 10.1. The summed E-state index contributed by atoms with van der Waals surface area (Å²) in [6.45, 7) is 0. The maximum absolute atomic E-state index is 2.12. The molecule has 1 heteroatoms. The third-order valence-corrected chi connectivity index (χ3v) is 3.32. The van der Waals surface area contributed by atoms with Crippen molar-refractivity contribution in [1.82, 2.24) is 0 Å². The van der Waals surface area contributed by atoms with Crippen LogP contribution in [0.5, 0.6) is 0 Å². The Morgan fingerprint density at radius 2 is 0.429 bits per heavy atom. The average molecular weight is 283 g/mol. The molecule has 4 aromatic carbocycles. The molecule has 0 saturated carbocycles. The number of hydrogen-bond acceptors (Lipinski definition) is 0. The van der Waals surface area contributed by atoms with Crippen molar-refractivity contribution >= 4 is 44.6 Å². The first-order chi connectivity index (χ1) is 9.93. The highest BCUT2D eigenvalue weighted by molar-refractivity contribution is 5.82. The van der Waals surface area contributed by atoms with E-state index in [2.05, 4.69) is 97.1 Å². The topological polar surface area (TPSA) is 0 Å². The molecule has 0 N–H and O–H groups in total. The fraction of sp³-hybridized carbons (Fsp3) is 0. The molecular weight excluding hydrogens is 265 g/mol. The van der Waals surface area contributed by atoms with E-state index in [-0.39, 0.29) is 23.1 Å². The number of hydrogen-bond donors (Lipinski definition) is 0. The standard InChI is InChI=1S/2C10H8.Mg.2H/c2*1-2-6-10-8-4-3-7-9(10)5-1;;;/h2*1-8H;;;. The minimum Gasteiger partial charge on any atom is -0.0616 e. The van der Waals surface area contributed by atoms with Crippen LogP contribution in [0.2, 0.25) is 0 Å². The maximum Gasteiger partial charge on any atom is 0.316 e. The number of benzene rings is 4. The van der Waals surface area contributed by atoms with Gasteiger partial charge in [-0.1, -0.05) is 97.1 Å². The Hall–Kier alpha value is -1.83. The van der Waals surface area contributed by atoms with Gasteiger partial charge in [0.15, 0.2) is 0 Å². The molecule has 0 nitrogen and oxygen atoms in total. The second kappa shape index (κ2) is 7.82. The van der Waals surface area contributed by atoms with Gasteiger partial charge in [-0.15, -0.1) is 0 Å². The molecular formula is C20H18Mg. The first kappa shape index (κ1) is 15.6. The minimum absolute atomic E-state index is 0. The van der Waals surface area contributed by atoms with Crippen molar-refractivity contribution < 1.29 is 0 Å². The Balaban J connectivity index is 0.000000147. The zero-order valence-electron chi connectivity index (χ0n) is 11.2. The van der Waals surface area contributed by atoms with Crippen molar-refractivity contribution in [2.45, 2.75) is 0 Å². The molecule has 100 valence electrons. The molecule has 0 fully saturated rings. The van der Waals surface area contributed by atoms with Gasteiger partial charge < -0.3 is 0 Å². The molecule has 0 spiro atoms. The van der Waals surface area contributed by atoms with Crippen LogP contribution in [0.3, 0.4) is 0 Å². The van der Waals surface area contributed by atoms with Crippen molar-refractivity contribution in [3.05, 3.63) is 97.1 Å². The Labute approximate surface area is 141 Å². The zero-order valence-corrected chi connectivity index (χ0v) is 11.2. The molecule has 0 radical (unpaired) electrons. The van der Waals surface area contributed by atoms with Crippen molar-refractivity contribution in [2.75, 3.05) is 0 Å². The molecule has 4 rings (SSSR count). The Kier molecular flexibility index (Phi) is 5.79. The molecule has 0 aromatic heterocycles. The van der Waals surface area contributed by atoms with Gasteiger partial charge in [-0.2, -0.15) is 0 Å². The van der Waals surface area contributed by atoms with Crippen LogP contribution in [0.15, 0.2) is 97.1 Å². The minimum atomic E-state index is 0. The van der Waals surface area contributed by atoms with Crippen molar-refractivity contribution in [2.24, 2.45) is 0 Å². The molecule has 0 atom stereocenters. The van der Waals surface area contributed by atoms with Gasteiger partial charge in [0.2, 0.25) is 0 Å². The Morgan fingerprint density at radius 1 is 0.286 bits per heavy atom. The van der Waals surface area contributed by atoms with Crippen molar-refractivity contribution in [3.63, 3.8) is 0 Å². The second-order valence-electron chi connectivity index (χ2n) is 4.69. The average Bonchev–Trinajstić information content (AvgIpc) is 2.56. The first-order valence-electron chi connectivity index (χ1n) is 6.81. The van der Waals surface area contributed by atoms with Gasteiger partial charge in [0.05, 0.1) is 0 Å². The van der Waals surface area contributed by atoms with Crippen molar-refractivity contribution in [3.8, 4) is 0 Å². The molecule has 0 amide bonds. The first-order valence-corrected chi connectivity index (χ1v) is 6.81. The van der Waals surface area contributed by atoms with Gasteiger partial charge in [-0.3, -0.25) is 0 Å². The summed E-state index contributed by atoms with van der Waals surface area (Å²) in [7, 11) is 0. The Bertz CT molecular complexity index is 619. The highest BCUT2D eigenvalue weighted by Gasteiger charge is 1.86. The number of fused-ring (bicyclic) bond motifs is 2. The van der Waals surface area contributed by atoms with E-state index in [0.717, 1.165) is 0 Å². The summed E-state index contributed by atoms with van der Waals surface area (Å²) in [5.74, 6) is 0. The summed E-state index contributed by atoms with van der Waals surface area (Å²) < 4.78 is 0. The van der Waals surface area contributed by atoms with Crippen LogP contribution in [-0.4, -0.2) is 23.1 Å². The molecule has 0 aliphatic rings. The molecule has 0 bridgehead atoms. The second-order valence-corrected chi connectivity index (χ2v) is 4.69. The summed E-state index contributed by atoms with van der Waals surface area (Å²) in [4.78, 5) is 0. The predicted molar refractivity (Wildman–Crippen MR) is 96.4 cm³/mol. The van der Waals surface area contributed by atoms with E-state index in [4.69, 9.17) is 0 Å². The predicted octanol–water partition coefficient (Wildman–Crippen LogP) is 4.76. The van der Waals surface area contributed by atoms with Gasteiger partial charge in [-0.05, 0) is 21.5 Å². The third-order valence-electron chi connectivity index (χ3n) is 3.32. The van der Waals surface area contributed by atoms with Gasteiger partial charge in [0.1, 0.15) is 0 Å². The van der Waals surface area contributed by atoms with Crippen LogP contribution in [-0.2, 0) is 0 Å². The largest absolute Gasteiger partial charge is 0.316 e. The van der Waals surface area contributed by atoms with Gasteiger partial charge in [0, 0.05) is 0 Å². The molecule has 0 heterocycles. The molecule has 0 saturated heterocycles. The van der Waals surface area contributed by atoms with Crippen LogP contribution in [0.25, 0.3) is 21.5 Å². The van der Waals surface area contributed by atoms with Crippen molar-refractivity contribution in [1.29, 1.82) is 0 Å². The highest BCUT2D eigenvalue weighted by Crippen LogP contribution is 2.11. The van der Waals surface area contributed by atoms with Crippen LogP contribution in [0.1, 0.15) is 0 Å². The van der Waals surface area contributed by atoms with E-state index in [0.29, 0.717) is 0 Å². The highest BCUT2D eigenvalue weighted by atomic mass is 24.3.